The van der Waals surface area contributed by atoms with Crippen molar-refractivity contribution in [3.8, 4) is 11.5 Å². The summed E-state index contributed by atoms with van der Waals surface area (Å²) in [5, 5.41) is 3.03. The van der Waals surface area contributed by atoms with Crippen LogP contribution < -0.4 is 10.1 Å². The van der Waals surface area contributed by atoms with E-state index in [2.05, 4.69) is 10.3 Å². The van der Waals surface area contributed by atoms with Crippen LogP contribution in [0.1, 0.15) is 5.56 Å². The average Bonchev–Trinajstić information content (AvgIpc) is 2.30. The zero-order valence-electron chi connectivity index (χ0n) is 9.48. The summed E-state index contributed by atoms with van der Waals surface area (Å²) in [6, 6.07) is 7.89. The van der Waals surface area contributed by atoms with Gasteiger partial charge < -0.3 is 10.1 Å². The number of aromatic nitrogens is 1. The van der Waals surface area contributed by atoms with Crippen molar-refractivity contribution >= 4 is 0 Å². The van der Waals surface area contributed by atoms with Gasteiger partial charge in [-0.3, -0.25) is 4.98 Å². The zero-order chi connectivity index (χ0) is 12.1. The van der Waals surface area contributed by atoms with E-state index in [-0.39, 0.29) is 5.82 Å². The maximum atomic E-state index is 13.0. The van der Waals surface area contributed by atoms with Crippen molar-refractivity contribution in [1.29, 1.82) is 0 Å². The van der Waals surface area contributed by atoms with Crippen LogP contribution in [-0.4, -0.2) is 12.0 Å². The van der Waals surface area contributed by atoms with Gasteiger partial charge in [-0.2, -0.15) is 0 Å². The molecule has 4 heteroatoms. The van der Waals surface area contributed by atoms with E-state index < -0.39 is 0 Å². The van der Waals surface area contributed by atoms with Crippen LogP contribution in [0.25, 0.3) is 0 Å². The van der Waals surface area contributed by atoms with E-state index in [9.17, 15) is 4.39 Å². The van der Waals surface area contributed by atoms with Gasteiger partial charge in [0.25, 0.3) is 0 Å². The Balaban J connectivity index is 2.15. The lowest BCUT2D eigenvalue weighted by Crippen LogP contribution is -2.05. The second-order valence-electron chi connectivity index (χ2n) is 3.62. The van der Waals surface area contributed by atoms with Crippen molar-refractivity contribution in [3.05, 3.63) is 54.1 Å². The van der Waals surface area contributed by atoms with Gasteiger partial charge in [0.15, 0.2) is 0 Å². The van der Waals surface area contributed by atoms with Crippen molar-refractivity contribution in [1.82, 2.24) is 10.3 Å². The molecular formula is C13H13FN2O. The third kappa shape index (κ3) is 3.26. The lowest BCUT2D eigenvalue weighted by atomic mass is 10.3. The first-order valence-electron chi connectivity index (χ1n) is 5.30. The number of ether oxygens (including phenoxy) is 1. The fourth-order valence-electron chi connectivity index (χ4n) is 1.49. The molecule has 0 saturated heterocycles. The Kier molecular flexibility index (Phi) is 3.67. The number of benzene rings is 1. The maximum Gasteiger partial charge on any atom is 0.146 e. The van der Waals surface area contributed by atoms with Gasteiger partial charge in [0.1, 0.15) is 17.3 Å². The molecule has 0 saturated carbocycles. The predicted octanol–water partition coefficient (Wildman–Crippen LogP) is 2.73. The van der Waals surface area contributed by atoms with Crippen LogP contribution >= 0.6 is 0 Å². The summed E-state index contributed by atoms with van der Waals surface area (Å²) in [6.45, 7) is 0.716. The number of hydrogen-bond donors (Lipinski definition) is 1. The van der Waals surface area contributed by atoms with Crippen LogP contribution in [0.5, 0.6) is 11.5 Å². The highest BCUT2D eigenvalue weighted by Crippen LogP contribution is 2.21. The second-order valence-corrected chi connectivity index (χ2v) is 3.62. The Hall–Kier alpha value is -1.94. The molecule has 0 bridgehead atoms. The van der Waals surface area contributed by atoms with Crippen LogP contribution in [0.15, 0.2) is 42.7 Å². The normalized spacial score (nSPS) is 10.2. The third-order valence-electron chi connectivity index (χ3n) is 2.18. The Morgan fingerprint density at radius 1 is 1.24 bits per heavy atom. The van der Waals surface area contributed by atoms with Crippen LogP contribution in [0.2, 0.25) is 0 Å². The Morgan fingerprint density at radius 3 is 2.88 bits per heavy atom. The van der Waals surface area contributed by atoms with Gasteiger partial charge in [-0.05, 0) is 30.8 Å². The molecule has 0 fully saturated rings. The van der Waals surface area contributed by atoms with Gasteiger partial charge in [-0.15, -0.1) is 0 Å². The molecule has 3 nitrogen and oxygen atoms in total. The topological polar surface area (TPSA) is 34.2 Å². The monoisotopic (exact) mass is 232 g/mol. The molecule has 0 unspecified atom stereocenters. The Bertz CT molecular complexity index is 502. The number of nitrogens with one attached hydrogen (secondary N) is 1. The van der Waals surface area contributed by atoms with Gasteiger partial charge in [-0.1, -0.05) is 6.07 Å². The smallest absolute Gasteiger partial charge is 0.146 e. The predicted molar refractivity (Wildman–Crippen MR) is 63.5 cm³/mol. The second kappa shape index (κ2) is 5.41. The molecule has 1 aromatic heterocycles. The molecule has 17 heavy (non-hydrogen) atoms. The van der Waals surface area contributed by atoms with Gasteiger partial charge in [0.2, 0.25) is 0 Å². The maximum absolute atomic E-state index is 13.0. The minimum atomic E-state index is -0.318. The van der Waals surface area contributed by atoms with E-state index >= 15 is 0 Å². The first-order chi connectivity index (χ1) is 8.28. The van der Waals surface area contributed by atoms with E-state index in [1.54, 1.807) is 24.5 Å². The number of nitrogens with zero attached hydrogens (tertiary/aromatic N) is 1. The lowest BCUT2D eigenvalue weighted by molar-refractivity contribution is 0.473. The molecule has 0 atom stereocenters. The van der Waals surface area contributed by atoms with Crippen molar-refractivity contribution < 1.29 is 9.13 Å². The summed E-state index contributed by atoms with van der Waals surface area (Å²) >= 11 is 0. The summed E-state index contributed by atoms with van der Waals surface area (Å²) in [5.74, 6) is 0.749. The summed E-state index contributed by atoms with van der Waals surface area (Å²) in [4.78, 5) is 4.06. The third-order valence-corrected chi connectivity index (χ3v) is 2.18. The zero-order valence-corrected chi connectivity index (χ0v) is 9.48. The highest BCUT2D eigenvalue weighted by Gasteiger charge is 2.00. The van der Waals surface area contributed by atoms with Crippen LogP contribution in [-0.2, 0) is 6.54 Å². The first-order valence-corrected chi connectivity index (χ1v) is 5.30. The number of pyridine rings is 1. The minimum absolute atomic E-state index is 0.318. The molecule has 0 spiro atoms. The van der Waals surface area contributed by atoms with Crippen molar-refractivity contribution in [2.45, 2.75) is 6.54 Å². The van der Waals surface area contributed by atoms with Crippen molar-refractivity contribution in [3.63, 3.8) is 0 Å². The molecule has 0 aliphatic heterocycles. The van der Waals surface area contributed by atoms with E-state index in [1.165, 1.54) is 12.1 Å². The molecule has 0 aliphatic rings. The molecule has 2 rings (SSSR count). The summed E-state index contributed by atoms with van der Waals surface area (Å²) < 4.78 is 18.5. The highest BCUT2D eigenvalue weighted by molar-refractivity contribution is 5.31. The van der Waals surface area contributed by atoms with Gasteiger partial charge in [0, 0.05) is 18.8 Å². The van der Waals surface area contributed by atoms with E-state index in [0.29, 0.717) is 18.0 Å². The quantitative estimate of drug-likeness (QED) is 0.880. The van der Waals surface area contributed by atoms with E-state index in [1.807, 2.05) is 13.1 Å². The Labute approximate surface area is 99.3 Å². The number of halogens is 1. The van der Waals surface area contributed by atoms with Gasteiger partial charge in [0.05, 0.1) is 6.20 Å². The SMILES string of the molecule is CNCc1cncc(Oc2cccc(F)c2)c1. The fraction of sp³-hybridized carbons (Fsp3) is 0.154. The molecule has 88 valence electrons. The van der Waals surface area contributed by atoms with Crippen LogP contribution in [0, 0.1) is 5.82 Å². The van der Waals surface area contributed by atoms with Crippen LogP contribution in [0.3, 0.4) is 0 Å². The van der Waals surface area contributed by atoms with E-state index in [0.717, 1.165) is 5.56 Å². The molecule has 2 aromatic rings. The van der Waals surface area contributed by atoms with Crippen molar-refractivity contribution in [2.75, 3.05) is 7.05 Å². The largest absolute Gasteiger partial charge is 0.456 e. The van der Waals surface area contributed by atoms with Gasteiger partial charge in [-0.25, -0.2) is 4.39 Å². The molecule has 1 N–H and O–H groups in total. The number of rotatable bonds is 4. The molecule has 0 radical (unpaired) electrons. The number of hydrogen-bond acceptors (Lipinski definition) is 3. The van der Waals surface area contributed by atoms with Gasteiger partial charge >= 0.3 is 0 Å². The molecule has 0 aliphatic carbocycles. The summed E-state index contributed by atoms with van der Waals surface area (Å²) in [5.41, 5.74) is 1.02. The minimum Gasteiger partial charge on any atom is -0.456 e. The molecular weight excluding hydrogens is 219 g/mol. The molecule has 0 amide bonds. The first kappa shape index (κ1) is 11.5. The highest BCUT2D eigenvalue weighted by atomic mass is 19.1. The van der Waals surface area contributed by atoms with Crippen LogP contribution in [0.4, 0.5) is 4.39 Å². The fourth-order valence-corrected chi connectivity index (χ4v) is 1.49. The van der Waals surface area contributed by atoms with Crippen molar-refractivity contribution in [2.24, 2.45) is 0 Å². The summed E-state index contributed by atoms with van der Waals surface area (Å²) in [6.07, 6.45) is 3.36. The Morgan fingerprint density at radius 2 is 2.12 bits per heavy atom. The lowest BCUT2D eigenvalue weighted by Gasteiger charge is -2.06. The van der Waals surface area contributed by atoms with E-state index in [4.69, 9.17) is 4.74 Å². The molecule has 1 heterocycles. The average molecular weight is 232 g/mol. The molecule has 1 aromatic carbocycles. The standard InChI is InChI=1S/C13H13FN2O/c1-15-7-10-5-13(9-16-8-10)17-12-4-2-3-11(14)6-12/h2-6,8-9,15H,7H2,1H3. The summed E-state index contributed by atoms with van der Waals surface area (Å²) in [7, 11) is 1.86.